The number of fused-ring (bicyclic) bond motifs is 1. The van der Waals surface area contributed by atoms with Crippen molar-refractivity contribution in [3.8, 4) is 17.2 Å². The molecule has 0 radical (unpaired) electrons. The van der Waals surface area contributed by atoms with Crippen molar-refractivity contribution in [3.63, 3.8) is 0 Å². The van der Waals surface area contributed by atoms with E-state index in [1.165, 1.54) is 14.0 Å². The molecule has 1 aromatic rings. The number of aliphatic hydroxyl groups is 2. The van der Waals surface area contributed by atoms with Crippen LogP contribution < -0.4 is 4.74 Å². The smallest absolute Gasteiger partial charge is 0.174 e. The first kappa shape index (κ1) is 15.3. The first-order valence-corrected chi connectivity index (χ1v) is 6.35. The van der Waals surface area contributed by atoms with E-state index in [1.54, 1.807) is 0 Å². The molecule has 0 fully saturated rings. The van der Waals surface area contributed by atoms with Crippen molar-refractivity contribution in [3.05, 3.63) is 17.2 Å². The molecule has 0 amide bonds. The quantitative estimate of drug-likeness (QED) is 0.583. The fraction of sp³-hybridized carbons (Fsp3) is 0.429. The van der Waals surface area contributed by atoms with Crippen molar-refractivity contribution < 1.29 is 34.8 Å². The van der Waals surface area contributed by atoms with Crippen LogP contribution in [0, 0.1) is 11.8 Å². The third-order valence-corrected chi connectivity index (χ3v) is 3.75. The van der Waals surface area contributed by atoms with E-state index >= 15 is 0 Å². The monoisotopic (exact) mass is 296 g/mol. The highest BCUT2D eigenvalue weighted by Gasteiger charge is 2.46. The van der Waals surface area contributed by atoms with E-state index in [1.807, 2.05) is 0 Å². The fourth-order valence-electron chi connectivity index (χ4n) is 2.73. The van der Waals surface area contributed by atoms with E-state index in [2.05, 4.69) is 0 Å². The normalized spacial score (nSPS) is 22.9. The van der Waals surface area contributed by atoms with Crippen LogP contribution in [-0.2, 0) is 0 Å². The van der Waals surface area contributed by atoms with E-state index in [0.717, 1.165) is 6.07 Å². The number of Topliss-reactive ketones (excluding diaryl/α,β-unsaturated/α-hetero) is 2. The molecule has 4 N–H and O–H groups in total. The second kappa shape index (κ2) is 5.34. The Labute approximate surface area is 120 Å². The van der Waals surface area contributed by atoms with Gasteiger partial charge in [-0.15, -0.1) is 0 Å². The lowest BCUT2D eigenvalue weighted by Gasteiger charge is -2.32. The highest BCUT2D eigenvalue weighted by molar-refractivity contribution is 6.19. The Bertz CT molecular complexity index is 606. The predicted molar refractivity (Wildman–Crippen MR) is 70.7 cm³/mol. The molecule has 0 bridgehead atoms. The fourth-order valence-corrected chi connectivity index (χ4v) is 2.73. The Morgan fingerprint density at radius 2 is 1.86 bits per heavy atom. The highest BCUT2D eigenvalue weighted by Crippen LogP contribution is 2.45. The molecule has 7 nitrogen and oxygen atoms in total. The molecule has 0 spiro atoms. The Morgan fingerprint density at radius 1 is 1.24 bits per heavy atom. The van der Waals surface area contributed by atoms with Gasteiger partial charge in [0.15, 0.2) is 23.1 Å². The van der Waals surface area contributed by atoms with E-state index < -0.39 is 47.6 Å². The highest BCUT2D eigenvalue weighted by atomic mass is 16.5. The van der Waals surface area contributed by atoms with Gasteiger partial charge >= 0.3 is 0 Å². The van der Waals surface area contributed by atoms with Gasteiger partial charge in [0.05, 0.1) is 42.8 Å². The summed E-state index contributed by atoms with van der Waals surface area (Å²) in [4.78, 5) is 24.8. The van der Waals surface area contributed by atoms with Gasteiger partial charge in [0, 0.05) is 6.07 Å². The average molecular weight is 296 g/mol. The Kier molecular flexibility index (Phi) is 3.89. The zero-order valence-electron chi connectivity index (χ0n) is 11.5. The summed E-state index contributed by atoms with van der Waals surface area (Å²) in [5.74, 6) is -5.00. The molecular weight excluding hydrogens is 280 g/mol. The molecule has 2 rings (SSSR count). The number of hydrogen-bond donors (Lipinski definition) is 4. The summed E-state index contributed by atoms with van der Waals surface area (Å²) in [6.45, 7) is 0.673. The molecule has 0 aliphatic heterocycles. The van der Waals surface area contributed by atoms with E-state index in [0.29, 0.717) is 0 Å². The first-order chi connectivity index (χ1) is 9.84. The standard InChI is InChI=1S/C14H16O7/c1-5(16)9-6(4-15)12(18)10-7(17)3-8(21-2)13(19)11(10)14(9)20/h3,5-6,9,15-17,19H,4H2,1-2H3. The lowest BCUT2D eigenvalue weighted by Crippen LogP contribution is -2.44. The van der Waals surface area contributed by atoms with Gasteiger partial charge in [-0.05, 0) is 6.92 Å². The van der Waals surface area contributed by atoms with Crippen molar-refractivity contribution in [1.29, 1.82) is 0 Å². The van der Waals surface area contributed by atoms with Gasteiger partial charge in [-0.25, -0.2) is 0 Å². The van der Waals surface area contributed by atoms with Crippen molar-refractivity contribution in [1.82, 2.24) is 0 Å². The van der Waals surface area contributed by atoms with Crippen LogP contribution in [0.4, 0.5) is 0 Å². The summed E-state index contributed by atoms with van der Waals surface area (Å²) in [5, 5.41) is 39.0. The molecule has 21 heavy (non-hydrogen) atoms. The largest absolute Gasteiger partial charge is 0.507 e. The number of carbonyl (C=O) groups excluding carboxylic acids is 2. The number of ketones is 2. The first-order valence-electron chi connectivity index (χ1n) is 6.35. The number of carbonyl (C=O) groups is 2. The topological polar surface area (TPSA) is 124 Å². The molecule has 0 aromatic heterocycles. The Morgan fingerprint density at radius 3 is 2.33 bits per heavy atom. The number of phenols is 2. The maximum absolute atomic E-state index is 12.5. The lowest BCUT2D eigenvalue weighted by atomic mass is 9.71. The van der Waals surface area contributed by atoms with Crippen LogP contribution >= 0.6 is 0 Å². The number of phenolic OH excluding ortho intramolecular Hbond substituents is 2. The molecule has 1 aliphatic carbocycles. The second-order valence-corrected chi connectivity index (χ2v) is 4.98. The van der Waals surface area contributed by atoms with Gasteiger partial charge in [0.2, 0.25) is 0 Å². The zero-order chi connectivity index (χ0) is 15.9. The van der Waals surface area contributed by atoms with Crippen molar-refractivity contribution in [2.45, 2.75) is 13.0 Å². The molecule has 3 atom stereocenters. The number of aliphatic hydroxyl groups excluding tert-OH is 2. The van der Waals surface area contributed by atoms with Crippen LogP contribution in [-0.4, -0.2) is 51.8 Å². The SMILES string of the molecule is COc1cc(O)c2c(c1O)C(=O)C(C(C)O)C(CO)C2=O. The summed E-state index contributed by atoms with van der Waals surface area (Å²) in [5.41, 5.74) is -0.735. The Hall–Kier alpha value is -2.12. The third-order valence-electron chi connectivity index (χ3n) is 3.75. The molecular formula is C14H16O7. The van der Waals surface area contributed by atoms with E-state index in [9.17, 15) is 30.0 Å². The molecule has 0 saturated carbocycles. The van der Waals surface area contributed by atoms with Crippen LogP contribution in [0.3, 0.4) is 0 Å². The molecule has 1 aliphatic rings. The average Bonchev–Trinajstić information content (AvgIpc) is 2.43. The summed E-state index contributed by atoms with van der Waals surface area (Å²) in [6.07, 6.45) is -1.19. The number of hydrogen-bond acceptors (Lipinski definition) is 7. The zero-order valence-corrected chi connectivity index (χ0v) is 11.5. The minimum Gasteiger partial charge on any atom is -0.507 e. The molecule has 7 heteroatoms. The van der Waals surface area contributed by atoms with Gasteiger partial charge in [-0.3, -0.25) is 9.59 Å². The van der Waals surface area contributed by atoms with Crippen molar-refractivity contribution >= 4 is 11.6 Å². The number of methoxy groups -OCH3 is 1. The molecule has 1 aromatic carbocycles. The minimum atomic E-state index is -1.19. The second-order valence-electron chi connectivity index (χ2n) is 4.98. The number of aromatic hydroxyl groups is 2. The third kappa shape index (κ3) is 2.14. The molecule has 114 valence electrons. The maximum atomic E-state index is 12.5. The number of rotatable bonds is 3. The minimum absolute atomic E-state index is 0.154. The lowest BCUT2D eigenvalue weighted by molar-refractivity contribution is 0.0376. The van der Waals surface area contributed by atoms with E-state index in [4.69, 9.17) is 4.74 Å². The molecule has 0 saturated heterocycles. The summed E-state index contributed by atoms with van der Waals surface area (Å²) >= 11 is 0. The summed E-state index contributed by atoms with van der Waals surface area (Å²) < 4.78 is 4.84. The van der Waals surface area contributed by atoms with Crippen LogP contribution in [0.15, 0.2) is 6.07 Å². The Balaban J connectivity index is 2.76. The van der Waals surface area contributed by atoms with Crippen LogP contribution in [0.25, 0.3) is 0 Å². The van der Waals surface area contributed by atoms with Gasteiger partial charge < -0.3 is 25.2 Å². The van der Waals surface area contributed by atoms with Crippen LogP contribution in [0.2, 0.25) is 0 Å². The summed E-state index contributed by atoms with van der Waals surface area (Å²) in [7, 11) is 1.23. The van der Waals surface area contributed by atoms with Crippen molar-refractivity contribution in [2.24, 2.45) is 11.8 Å². The molecule has 0 heterocycles. The molecule has 3 unspecified atom stereocenters. The van der Waals surface area contributed by atoms with Gasteiger partial charge in [-0.1, -0.05) is 0 Å². The van der Waals surface area contributed by atoms with E-state index in [-0.39, 0.29) is 16.9 Å². The van der Waals surface area contributed by atoms with Crippen LogP contribution in [0.1, 0.15) is 27.6 Å². The number of benzene rings is 1. The summed E-state index contributed by atoms with van der Waals surface area (Å²) in [6, 6.07) is 1.02. The van der Waals surface area contributed by atoms with Gasteiger partial charge in [-0.2, -0.15) is 0 Å². The predicted octanol–water partition coefficient (Wildman–Crippen LogP) is 0.0909. The van der Waals surface area contributed by atoms with Gasteiger partial charge in [0.25, 0.3) is 0 Å². The van der Waals surface area contributed by atoms with Crippen LogP contribution in [0.5, 0.6) is 17.2 Å². The number of ether oxygens (including phenoxy) is 1. The van der Waals surface area contributed by atoms with Gasteiger partial charge in [0.1, 0.15) is 5.75 Å². The maximum Gasteiger partial charge on any atom is 0.174 e. The van der Waals surface area contributed by atoms with Crippen molar-refractivity contribution in [2.75, 3.05) is 13.7 Å².